The zero-order chi connectivity index (χ0) is 19.5. The quantitative estimate of drug-likeness (QED) is 0.645. The number of nitrogens with one attached hydrogen (secondary N) is 2. The largest absolute Gasteiger partial charge is 0.379 e. The number of ether oxygens (including phenoxy) is 1. The van der Waals surface area contributed by atoms with Crippen LogP contribution in [0.25, 0.3) is 10.2 Å². The minimum atomic E-state index is -0.202. The van der Waals surface area contributed by atoms with Crippen LogP contribution in [0.2, 0.25) is 0 Å². The molecule has 1 aliphatic heterocycles. The number of hydrogen-bond acceptors (Lipinski definition) is 7. The number of nitrogens with zero attached hydrogens (tertiary/aromatic N) is 3. The molecule has 1 fully saturated rings. The monoisotopic (exact) mass is 397 g/mol. The van der Waals surface area contributed by atoms with E-state index in [1.165, 1.54) is 4.88 Å². The van der Waals surface area contributed by atoms with E-state index in [0.717, 1.165) is 47.9 Å². The number of carbonyl (C=O) groups excluding carboxylic acids is 1. The Morgan fingerprint density at radius 3 is 2.68 bits per heavy atom. The number of anilines is 1. The van der Waals surface area contributed by atoms with Gasteiger partial charge in [0, 0.05) is 23.5 Å². The molecule has 0 bridgehead atoms. The minimum Gasteiger partial charge on any atom is -0.379 e. The SMILES string of the molecule is Cc1sc2nc(CN3CCOCC3)nc(NNC(=O)c3ccccc3)c2c1C. The Kier molecular flexibility index (Phi) is 5.52. The molecule has 1 aliphatic rings. The van der Waals surface area contributed by atoms with Gasteiger partial charge in [-0.15, -0.1) is 11.3 Å². The van der Waals surface area contributed by atoms with E-state index in [2.05, 4.69) is 29.6 Å². The summed E-state index contributed by atoms with van der Waals surface area (Å²) < 4.78 is 5.42. The van der Waals surface area contributed by atoms with Crippen molar-refractivity contribution in [2.75, 3.05) is 31.7 Å². The molecule has 3 aromatic rings. The maximum atomic E-state index is 12.4. The number of benzene rings is 1. The maximum absolute atomic E-state index is 12.4. The van der Waals surface area contributed by atoms with Crippen molar-refractivity contribution in [2.24, 2.45) is 0 Å². The first-order valence-corrected chi connectivity index (χ1v) is 10.1. The summed E-state index contributed by atoms with van der Waals surface area (Å²) >= 11 is 1.65. The third-order valence-electron chi connectivity index (χ3n) is 4.87. The van der Waals surface area contributed by atoms with E-state index < -0.39 is 0 Å². The van der Waals surface area contributed by atoms with Crippen LogP contribution >= 0.6 is 11.3 Å². The number of thiophene rings is 1. The number of morpholine rings is 1. The van der Waals surface area contributed by atoms with Crippen LogP contribution < -0.4 is 10.9 Å². The first kappa shape index (κ1) is 18.8. The highest BCUT2D eigenvalue weighted by atomic mass is 32.1. The second kappa shape index (κ2) is 8.22. The highest BCUT2D eigenvalue weighted by Crippen LogP contribution is 2.33. The average molecular weight is 398 g/mol. The van der Waals surface area contributed by atoms with Gasteiger partial charge in [-0.3, -0.25) is 20.5 Å². The van der Waals surface area contributed by atoms with Gasteiger partial charge in [-0.25, -0.2) is 9.97 Å². The molecule has 28 heavy (non-hydrogen) atoms. The van der Waals surface area contributed by atoms with Crippen molar-refractivity contribution in [1.29, 1.82) is 0 Å². The van der Waals surface area contributed by atoms with E-state index in [4.69, 9.17) is 14.7 Å². The summed E-state index contributed by atoms with van der Waals surface area (Å²) in [6.45, 7) is 8.01. The molecule has 8 heteroatoms. The second-order valence-electron chi connectivity index (χ2n) is 6.79. The Balaban J connectivity index is 1.60. The zero-order valence-corrected chi connectivity index (χ0v) is 16.8. The average Bonchev–Trinajstić information content (AvgIpc) is 3.01. The highest BCUT2D eigenvalue weighted by Gasteiger charge is 2.18. The van der Waals surface area contributed by atoms with Gasteiger partial charge in [-0.1, -0.05) is 18.2 Å². The Morgan fingerprint density at radius 1 is 1.18 bits per heavy atom. The highest BCUT2D eigenvalue weighted by molar-refractivity contribution is 7.18. The summed E-state index contributed by atoms with van der Waals surface area (Å²) in [7, 11) is 0. The Morgan fingerprint density at radius 2 is 1.93 bits per heavy atom. The van der Waals surface area contributed by atoms with Gasteiger partial charge in [0.15, 0.2) is 5.82 Å². The van der Waals surface area contributed by atoms with Crippen LogP contribution in [0.5, 0.6) is 0 Å². The fraction of sp³-hybridized carbons (Fsp3) is 0.350. The van der Waals surface area contributed by atoms with E-state index in [-0.39, 0.29) is 5.91 Å². The second-order valence-corrected chi connectivity index (χ2v) is 7.99. The molecule has 0 radical (unpaired) electrons. The number of amides is 1. The molecule has 1 amide bonds. The van der Waals surface area contributed by atoms with Gasteiger partial charge in [0.2, 0.25) is 0 Å². The lowest BCUT2D eigenvalue weighted by molar-refractivity contribution is 0.0331. The molecule has 0 saturated carbocycles. The predicted octanol–water partition coefficient (Wildman–Crippen LogP) is 2.90. The molecule has 0 spiro atoms. The number of hydrogen-bond donors (Lipinski definition) is 2. The van der Waals surface area contributed by atoms with E-state index in [1.807, 2.05) is 18.2 Å². The smallest absolute Gasteiger partial charge is 0.269 e. The topological polar surface area (TPSA) is 79.4 Å². The van der Waals surface area contributed by atoms with Crippen LogP contribution in [0, 0.1) is 13.8 Å². The van der Waals surface area contributed by atoms with Crippen molar-refractivity contribution in [1.82, 2.24) is 20.3 Å². The molecule has 7 nitrogen and oxygen atoms in total. The normalized spacial score (nSPS) is 14.9. The van der Waals surface area contributed by atoms with Crippen molar-refractivity contribution in [3.8, 4) is 0 Å². The lowest BCUT2D eigenvalue weighted by atomic mass is 10.2. The molecule has 2 aromatic heterocycles. The molecular weight excluding hydrogens is 374 g/mol. The summed E-state index contributed by atoms with van der Waals surface area (Å²) in [5.41, 5.74) is 7.52. The van der Waals surface area contributed by atoms with Crippen molar-refractivity contribution >= 4 is 33.3 Å². The van der Waals surface area contributed by atoms with Crippen molar-refractivity contribution in [3.05, 3.63) is 52.2 Å². The fourth-order valence-electron chi connectivity index (χ4n) is 3.19. The van der Waals surface area contributed by atoms with Gasteiger partial charge >= 0.3 is 0 Å². The van der Waals surface area contributed by atoms with Gasteiger partial charge in [0.05, 0.1) is 25.1 Å². The third kappa shape index (κ3) is 3.99. The van der Waals surface area contributed by atoms with Gasteiger partial charge in [-0.05, 0) is 31.5 Å². The standard InChI is InChI=1S/C20H23N5O2S/c1-13-14(2)28-20-17(13)18(23-24-19(26)15-6-4-3-5-7-15)21-16(22-20)12-25-8-10-27-11-9-25/h3-7H,8-12H2,1-2H3,(H,24,26)(H,21,22,23). The Hall–Kier alpha value is -2.55. The van der Waals surface area contributed by atoms with E-state index in [9.17, 15) is 4.79 Å². The van der Waals surface area contributed by atoms with Crippen LogP contribution in [0.1, 0.15) is 26.6 Å². The summed E-state index contributed by atoms with van der Waals surface area (Å²) in [5, 5.41) is 0.960. The van der Waals surface area contributed by atoms with Crippen LogP contribution in [0.3, 0.4) is 0 Å². The molecular formula is C20H23N5O2S. The van der Waals surface area contributed by atoms with Gasteiger partial charge < -0.3 is 4.74 Å². The lowest BCUT2D eigenvalue weighted by Crippen LogP contribution is -2.36. The zero-order valence-electron chi connectivity index (χ0n) is 16.0. The molecule has 3 heterocycles. The summed E-state index contributed by atoms with van der Waals surface area (Å²) in [5.74, 6) is 1.18. The first-order valence-electron chi connectivity index (χ1n) is 9.30. The number of fused-ring (bicyclic) bond motifs is 1. The fourth-order valence-corrected chi connectivity index (χ4v) is 4.24. The minimum absolute atomic E-state index is 0.202. The molecule has 1 saturated heterocycles. The molecule has 0 unspecified atom stereocenters. The van der Waals surface area contributed by atoms with Crippen LogP contribution in [0.4, 0.5) is 5.82 Å². The maximum Gasteiger partial charge on any atom is 0.269 e. The molecule has 4 rings (SSSR count). The number of carbonyl (C=O) groups is 1. The van der Waals surface area contributed by atoms with E-state index in [0.29, 0.717) is 17.9 Å². The summed E-state index contributed by atoms with van der Waals surface area (Å²) in [6, 6.07) is 9.11. The molecule has 0 atom stereocenters. The number of aromatic nitrogens is 2. The van der Waals surface area contributed by atoms with E-state index >= 15 is 0 Å². The van der Waals surface area contributed by atoms with E-state index in [1.54, 1.807) is 23.5 Å². The van der Waals surface area contributed by atoms with Gasteiger partial charge in [-0.2, -0.15) is 0 Å². The predicted molar refractivity (Wildman–Crippen MR) is 111 cm³/mol. The van der Waals surface area contributed by atoms with Crippen LogP contribution in [-0.4, -0.2) is 47.1 Å². The van der Waals surface area contributed by atoms with Crippen LogP contribution in [0.15, 0.2) is 30.3 Å². The molecule has 146 valence electrons. The van der Waals surface area contributed by atoms with Gasteiger partial charge in [0.1, 0.15) is 10.7 Å². The Labute approximate surface area is 167 Å². The number of rotatable bonds is 5. The van der Waals surface area contributed by atoms with Crippen molar-refractivity contribution in [2.45, 2.75) is 20.4 Å². The molecule has 2 N–H and O–H groups in total. The van der Waals surface area contributed by atoms with Crippen LogP contribution in [-0.2, 0) is 11.3 Å². The number of hydrazine groups is 1. The third-order valence-corrected chi connectivity index (χ3v) is 5.98. The van der Waals surface area contributed by atoms with Crippen molar-refractivity contribution in [3.63, 3.8) is 0 Å². The first-order chi connectivity index (χ1) is 13.6. The Bertz CT molecular complexity index is 983. The summed E-state index contributed by atoms with van der Waals surface area (Å²) in [6.07, 6.45) is 0. The molecule has 0 aliphatic carbocycles. The van der Waals surface area contributed by atoms with Gasteiger partial charge in [0.25, 0.3) is 5.91 Å². The summed E-state index contributed by atoms with van der Waals surface area (Å²) in [4.78, 5) is 26.3. The molecule has 1 aromatic carbocycles. The number of aryl methyl sites for hydroxylation is 2. The lowest BCUT2D eigenvalue weighted by Gasteiger charge is -2.25. The van der Waals surface area contributed by atoms with Crippen molar-refractivity contribution < 1.29 is 9.53 Å².